The Hall–Kier alpha value is -1.21. The molecule has 2 N–H and O–H groups in total. The molecule has 17 heavy (non-hydrogen) atoms. The number of hydrogen-bond donors (Lipinski definition) is 2. The predicted molar refractivity (Wildman–Crippen MR) is 55.1 cm³/mol. The van der Waals surface area contributed by atoms with Gasteiger partial charge in [0.15, 0.2) is 0 Å². The van der Waals surface area contributed by atoms with Gasteiger partial charge in [0.25, 0.3) is 0 Å². The second kappa shape index (κ2) is 12.9. The molecule has 0 saturated heterocycles. The topological polar surface area (TPSA) is 109 Å². The Labute approximate surface area is 110 Å². The van der Waals surface area contributed by atoms with E-state index < -0.39 is 11.9 Å². The Morgan fingerprint density at radius 2 is 0.941 bits per heavy atom. The Kier molecular flexibility index (Phi) is 16.0. The summed E-state index contributed by atoms with van der Waals surface area (Å²) in [6.45, 7) is 2.76. The molecule has 0 unspecified atom stereocenters. The molecule has 6 nitrogen and oxygen atoms in total. The molecule has 0 spiro atoms. The molecule has 0 fully saturated rings. The quantitative estimate of drug-likeness (QED) is 0.751. The molecule has 0 rings (SSSR count). The van der Waals surface area contributed by atoms with Gasteiger partial charge in [0.2, 0.25) is 0 Å². The predicted octanol–water partition coefficient (Wildman–Crippen LogP) is 0.878. The van der Waals surface area contributed by atoms with Crippen molar-refractivity contribution in [1.29, 1.82) is 0 Å². The molecule has 1 radical (unpaired) electrons. The van der Waals surface area contributed by atoms with Crippen LogP contribution in [0, 0.1) is 0 Å². The van der Waals surface area contributed by atoms with E-state index in [2.05, 4.69) is 0 Å². The molecule has 0 heterocycles. The fourth-order valence-corrected chi connectivity index (χ4v) is 0.566. The van der Waals surface area contributed by atoms with E-state index in [1.54, 1.807) is 0 Å². The minimum absolute atomic E-state index is 0. The van der Waals surface area contributed by atoms with Crippen molar-refractivity contribution in [2.24, 2.45) is 0 Å². The van der Waals surface area contributed by atoms with Crippen LogP contribution in [0.5, 0.6) is 0 Å². The number of carbonyl (C=O) groups is 4. The molecule has 0 aliphatic heterocycles. The molecule has 0 aliphatic rings. The van der Waals surface area contributed by atoms with Gasteiger partial charge in [-0.15, -0.1) is 0 Å². The second-order valence-electron chi connectivity index (χ2n) is 3.19. The van der Waals surface area contributed by atoms with Gasteiger partial charge < -0.3 is 19.8 Å². The van der Waals surface area contributed by atoms with Crippen LogP contribution in [-0.4, -0.2) is 33.7 Å². The summed E-state index contributed by atoms with van der Waals surface area (Å²) in [5.74, 6) is -1.99. The number of carboxylic acid groups (broad SMARTS) is 2. The molecular weight excluding hydrogens is 275 g/mol. The number of aliphatic carboxylic acids is 2. The molecule has 0 aromatic heterocycles. The molecule has 0 aromatic rings. The van der Waals surface area contributed by atoms with Gasteiger partial charge in [-0.3, -0.25) is 9.59 Å². The first-order valence-corrected chi connectivity index (χ1v) is 4.68. The average Bonchev–Trinajstić information content (AvgIpc) is 2.12. The molecule has 0 bridgehead atoms. The van der Waals surface area contributed by atoms with E-state index >= 15 is 0 Å². The first-order valence-electron chi connectivity index (χ1n) is 4.68. The van der Waals surface area contributed by atoms with Crippen LogP contribution in [0.4, 0.5) is 0 Å². The maximum Gasteiger partial charge on any atom is 0.303 e. The zero-order valence-corrected chi connectivity index (χ0v) is 10.7. The first-order chi connectivity index (χ1) is 7.25. The summed E-state index contributed by atoms with van der Waals surface area (Å²) in [6.07, 6.45) is 0.204. The minimum Gasteiger partial charge on any atom is -0.481 e. The molecule has 0 amide bonds. The fraction of sp³-hybridized carbons (Fsp3) is 0.600. The van der Waals surface area contributed by atoms with Crippen LogP contribution in [0.25, 0.3) is 0 Å². The van der Waals surface area contributed by atoms with Crippen molar-refractivity contribution in [2.75, 3.05) is 0 Å². The molecule has 0 aromatic carbocycles. The van der Waals surface area contributed by atoms with Gasteiger partial charge in [0.05, 0.1) is 12.8 Å². The van der Waals surface area contributed by atoms with Crippen LogP contribution >= 0.6 is 0 Å². The molecule has 7 heteroatoms. The fourth-order valence-electron chi connectivity index (χ4n) is 0.566. The molecule has 101 valence electrons. The number of ketones is 2. The van der Waals surface area contributed by atoms with Crippen molar-refractivity contribution < 1.29 is 46.2 Å². The summed E-state index contributed by atoms with van der Waals surface area (Å²) in [6, 6.07) is 0. The maximum atomic E-state index is 10.1. The average molecular weight is 291 g/mol. The summed E-state index contributed by atoms with van der Waals surface area (Å²) in [5.41, 5.74) is 0. The van der Waals surface area contributed by atoms with Crippen molar-refractivity contribution in [3.05, 3.63) is 0 Å². The van der Waals surface area contributed by atoms with Gasteiger partial charge in [0, 0.05) is 29.6 Å². The molecule has 0 aliphatic carbocycles. The number of Topliss-reactive ketones (excluding diaryl/α,β-unsaturated/α-hetero) is 2. The van der Waals surface area contributed by atoms with Gasteiger partial charge in [-0.05, 0) is 13.8 Å². The number of rotatable bonds is 6. The number of carbonyl (C=O) groups excluding carboxylic acids is 2. The molecular formula is C10H16CoO6. The van der Waals surface area contributed by atoms with Crippen molar-refractivity contribution in [3.8, 4) is 0 Å². The van der Waals surface area contributed by atoms with E-state index in [0.717, 1.165) is 0 Å². The van der Waals surface area contributed by atoms with Crippen molar-refractivity contribution in [3.63, 3.8) is 0 Å². The van der Waals surface area contributed by atoms with E-state index in [-0.39, 0.29) is 54.0 Å². The largest absolute Gasteiger partial charge is 0.481 e. The maximum absolute atomic E-state index is 10.1. The van der Waals surface area contributed by atoms with Crippen LogP contribution < -0.4 is 0 Å². The van der Waals surface area contributed by atoms with Crippen LogP contribution in [0.2, 0.25) is 0 Å². The third-order valence-corrected chi connectivity index (χ3v) is 1.38. The number of hydrogen-bond acceptors (Lipinski definition) is 4. The van der Waals surface area contributed by atoms with E-state index in [9.17, 15) is 19.2 Å². The Bertz CT molecular complexity index is 218. The standard InChI is InChI=1S/2C5H8O3.Co/c2*1-4(6)2-3-5(7)8;/h2*2-3H2,1H3,(H,7,8);. The zero-order valence-electron chi connectivity index (χ0n) is 9.69. The SMILES string of the molecule is CC(=O)CCC(=O)O.CC(=O)CCC(=O)O.[Co]. The third kappa shape index (κ3) is 31.3. The summed E-state index contributed by atoms with van der Waals surface area (Å²) in [5, 5.41) is 16.0. The molecule has 0 atom stereocenters. The summed E-state index contributed by atoms with van der Waals surface area (Å²) >= 11 is 0. The Morgan fingerprint density at radius 1 is 0.706 bits per heavy atom. The Morgan fingerprint density at radius 3 is 1.00 bits per heavy atom. The zero-order chi connectivity index (χ0) is 13.1. The van der Waals surface area contributed by atoms with Gasteiger partial charge in [-0.1, -0.05) is 0 Å². The van der Waals surface area contributed by atoms with Gasteiger partial charge in [-0.25, -0.2) is 0 Å². The van der Waals surface area contributed by atoms with E-state index in [4.69, 9.17) is 10.2 Å². The Balaban J connectivity index is -0.000000218. The van der Waals surface area contributed by atoms with E-state index in [1.807, 2.05) is 0 Å². The third-order valence-electron chi connectivity index (χ3n) is 1.38. The summed E-state index contributed by atoms with van der Waals surface area (Å²) in [7, 11) is 0. The second-order valence-corrected chi connectivity index (χ2v) is 3.19. The summed E-state index contributed by atoms with van der Waals surface area (Å²) < 4.78 is 0. The van der Waals surface area contributed by atoms with Gasteiger partial charge in [0.1, 0.15) is 11.6 Å². The smallest absolute Gasteiger partial charge is 0.303 e. The van der Waals surface area contributed by atoms with E-state index in [1.165, 1.54) is 13.8 Å². The van der Waals surface area contributed by atoms with Crippen molar-refractivity contribution in [2.45, 2.75) is 39.5 Å². The summed E-state index contributed by atoms with van der Waals surface area (Å²) in [4.78, 5) is 39.7. The van der Waals surface area contributed by atoms with Crippen molar-refractivity contribution >= 4 is 23.5 Å². The molecule has 0 saturated carbocycles. The van der Waals surface area contributed by atoms with Crippen LogP contribution in [0.15, 0.2) is 0 Å². The van der Waals surface area contributed by atoms with Crippen LogP contribution in [-0.2, 0) is 36.0 Å². The van der Waals surface area contributed by atoms with Gasteiger partial charge >= 0.3 is 11.9 Å². The monoisotopic (exact) mass is 291 g/mol. The van der Waals surface area contributed by atoms with Crippen LogP contribution in [0.1, 0.15) is 39.5 Å². The minimum atomic E-state index is -0.916. The normalized spacial score (nSPS) is 8.12. The van der Waals surface area contributed by atoms with Gasteiger partial charge in [-0.2, -0.15) is 0 Å². The number of carboxylic acids is 2. The van der Waals surface area contributed by atoms with Crippen molar-refractivity contribution in [1.82, 2.24) is 0 Å². The van der Waals surface area contributed by atoms with Crippen LogP contribution in [0.3, 0.4) is 0 Å². The first kappa shape index (κ1) is 21.1. The van der Waals surface area contributed by atoms with E-state index in [0.29, 0.717) is 0 Å².